The minimum atomic E-state index is -1.22. The maximum Gasteiger partial charge on any atom is 0.256 e. The molecule has 0 radical (unpaired) electrons. The van der Waals surface area contributed by atoms with Gasteiger partial charge in [-0.1, -0.05) is 11.3 Å². The highest BCUT2D eigenvalue weighted by atomic mass is 79.9. The molecular formula is C13H12BrFN2O3S. The van der Waals surface area contributed by atoms with E-state index in [9.17, 15) is 14.3 Å². The molecule has 0 aliphatic carbocycles. The summed E-state index contributed by atoms with van der Waals surface area (Å²) < 4.78 is 18.4. The average Bonchev–Trinajstić information content (AvgIpc) is 2.80. The number of anilines is 1. The second-order valence-corrected chi connectivity index (χ2v) is 6.23. The molecule has 5 nitrogen and oxygen atoms in total. The van der Waals surface area contributed by atoms with Crippen LogP contribution in [0.4, 0.5) is 9.39 Å². The van der Waals surface area contributed by atoms with Crippen LogP contribution in [0.25, 0.3) is 0 Å². The van der Waals surface area contributed by atoms with E-state index < -0.39 is 18.0 Å². The molecule has 1 atom stereocenters. The molecule has 0 bridgehead atoms. The van der Waals surface area contributed by atoms with E-state index in [-0.39, 0.29) is 5.69 Å². The van der Waals surface area contributed by atoms with Gasteiger partial charge in [0.15, 0.2) is 3.92 Å². The fraction of sp³-hybridized carbons (Fsp3) is 0.231. The van der Waals surface area contributed by atoms with Gasteiger partial charge in [-0.05, 0) is 47.1 Å². The topological polar surface area (TPSA) is 71.5 Å². The van der Waals surface area contributed by atoms with Crippen molar-refractivity contribution in [2.45, 2.75) is 13.2 Å². The lowest BCUT2D eigenvalue weighted by Gasteiger charge is -2.10. The number of aromatic nitrogens is 1. The molecule has 1 heterocycles. The first-order valence-electron chi connectivity index (χ1n) is 6.04. The van der Waals surface area contributed by atoms with Crippen molar-refractivity contribution < 1.29 is 19.0 Å². The summed E-state index contributed by atoms with van der Waals surface area (Å²) in [6, 6.07) is 5.15. The van der Waals surface area contributed by atoms with Crippen molar-refractivity contribution in [1.29, 1.82) is 0 Å². The van der Waals surface area contributed by atoms with E-state index in [2.05, 4.69) is 26.2 Å². The molecule has 0 saturated heterocycles. The quantitative estimate of drug-likeness (QED) is 0.787. The minimum absolute atomic E-state index is 0.226. The summed E-state index contributed by atoms with van der Waals surface area (Å²) in [6.07, 6.45) is -1.22. The largest absolute Gasteiger partial charge is 0.363 e. The van der Waals surface area contributed by atoms with Gasteiger partial charge in [0.25, 0.3) is 5.91 Å². The Kier molecular flexibility index (Phi) is 5.40. The summed E-state index contributed by atoms with van der Waals surface area (Å²) in [6.45, 7) is 2.04. The van der Waals surface area contributed by atoms with Crippen LogP contribution in [0, 0.1) is 5.82 Å². The molecule has 2 N–H and O–H groups in total. The fourth-order valence-corrected chi connectivity index (χ4v) is 2.96. The molecule has 1 aromatic heterocycles. The van der Waals surface area contributed by atoms with Gasteiger partial charge in [-0.15, -0.1) is 0 Å². The van der Waals surface area contributed by atoms with Crippen molar-refractivity contribution >= 4 is 38.2 Å². The number of aliphatic hydroxyl groups excluding tert-OH is 1. The van der Waals surface area contributed by atoms with Crippen molar-refractivity contribution in [2.24, 2.45) is 0 Å². The van der Waals surface area contributed by atoms with Crippen LogP contribution in [0.5, 0.6) is 0 Å². The van der Waals surface area contributed by atoms with Crippen LogP contribution in [0.1, 0.15) is 29.3 Å². The number of ether oxygens (including phenoxy) is 1. The predicted molar refractivity (Wildman–Crippen MR) is 80.8 cm³/mol. The van der Waals surface area contributed by atoms with E-state index in [4.69, 9.17) is 4.74 Å². The number of amides is 1. The zero-order valence-electron chi connectivity index (χ0n) is 11.0. The van der Waals surface area contributed by atoms with Gasteiger partial charge in [0.1, 0.15) is 16.5 Å². The lowest BCUT2D eigenvalue weighted by atomic mass is 10.2. The maximum absolute atomic E-state index is 12.8. The van der Waals surface area contributed by atoms with Crippen molar-refractivity contribution in [1.82, 2.24) is 4.98 Å². The van der Waals surface area contributed by atoms with Crippen LogP contribution in [0.2, 0.25) is 0 Å². The van der Waals surface area contributed by atoms with E-state index in [0.717, 1.165) is 11.3 Å². The molecule has 0 aliphatic heterocycles. The number of hydrogen-bond acceptors (Lipinski definition) is 5. The zero-order chi connectivity index (χ0) is 15.4. The standard InChI is InChI=1S/C13H12BrFN2O3S/c1-2-20-12(19)9-11(21-13(14)16-9)17-10(18)7-3-5-8(15)6-4-7/h3-6,12,19H,2H2,1H3,(H,17,18). The second kappa shape index (κ2) is 7.08. The highest BCUT2D eigenvalue weighted by Crippen LogP contribution is 2.33. The number of carbonyl (C=O) groups is 1. The zero-order valence-corrected chi connectivity index (χ0v) is 13.4. The summed E-state index contributed by atoms with van der Waals surface area (Å²) in [5, 5.41) is 12.8. The molecule has 0 fully saturated rings. The summed E-state index contributed by atoms with van der Waals surface area (Å²) in [7, 11) is 0. The van der Waals surface area contributed by atoms with Crippen LogP contribution in [0.3, 0.4) is 0 Å². The summed E-state index contributed by atoms with van der Waals surface area (Å²) in [5.74, 6) is -0.837. The van der Waals surface area contributed by atoms with Crippen LogP contribution >= 0.6 is 27.3 Å². The third kappa shape index (κ3) is 4.07. The Balaban J connectivity index is 2.19. The number of nitrogens with one attached hydrogen (secondary N) is 1. The molecule has 2 aromatic rings. The van der Waals surface area contributed by atoms with Crippen LogP contribution in [0.15, 0.2) is 28.2 Å². The number of thiazole rings is 1. The maximum atomic E-state index is 12.8. The van der Waals surface area contributed by atoms with E-state index in [1.807, 2.05) is 0 Å². The van der Waals surface area contributed by atoms with Gasteiger partial charge < -0.3 is 15.2 Å². The summed E-state index contributed by atoms with van der Waals surface area (Å²) in [4.78, 5) is 16.2. The lowest BCUT2D eigenvalue weighted by molar-refractivity contribution is -0.0999. The molecule has 8 heteroatoms. The van der Waals surface area contributed by atoms with Crippen LogP contribution in [-0.2, 0) is 4.74 Å². The van der Waals surface area contributed by atoms with Gasteiger partial charge in [0, 0.05) is 12.2 Å². The first-order valence-corrected chi connectivity index (χ1v) is 7.65. The smallest absolute Gasteiger partial charge is 0.256 e. The van der Waals surface area contributed by atoms with Crippen molar-refractivity contribution in [3.63, 3.8) is 0 Å². The Morgan fingerprint density at radius 2 is 2.19 bits per heavy atom. The number of benzene rings is 1. The molecule has 0 spiro atoms. The van der Waals surface area contributed by atoms with Gasteiger partial charge in [-0.3, -0.25) is 4.79 Å². The number of nitrogens with zero attached hydrogens (tertiary/aromatic N) is 1. The predicted octanol–water partition coefficient (Wildman–Crippen LogP) is 3.32. The number of hydrogen-bond donors (Lipinski definition) is 2. The molecule has 1 aromatic carbocycles. The van der Waals surface area contributed by atoms with Crippen molar-refractivity contribution in [3.8, 4) is 0 Å². The molecule has 2 rings (SSSR count). The average molecular weight is 375 g/mol. The molecule has 21 heavy (non-hydrogen) atoms. The van der Waals surface area contributed by atoms with Gasteiger partial charge >= 0.3 is 0 Å². The third-order valence-corrected chi connectivity index (χ3v) is 3.96. The summed E-state index contributed by atoms with van der Waals surface area (Å²) in [5.41, 5.74) is 0.530. The Morgan fingerprint density at radius 3 is 2.81 bits per heavy atom. The third-order valence-electron chi connectivity index (χ3n) is 2.52. The van der Waals surface area contributed by atoms with Crippen LogP contribution in [-0.4, -0.2) is 22.6 Å². The molecule has 0 aliphatic rings. The fourth-order valence-electron chi connectivity index (χ4n) is 1.58. The van der Waals surface area contributed by atoms with E-state index >= 15 is 0 Å². The highest BCUT2D eigenvalue weighted by Gasteiger charge is 2.20. The summed E-state index contributed by atoms with van der Waals surface area (Å²) >= 11 is 4.35. The Labute approximate surface area is 132 Å². The first-order chi connectivity index (χ1) is 10.0. The van der Waals surface area contributed by atoms with E-state index in [1.54, 1.807) is 6.92 Å². The lowest BCUT2D eigenvalue weighted by Crippen LogP contribution is -2.14. The highest BCUT2D eigenvalue weighted by molar-refractivity contribution is 9.11. The van der Waals surface area contributed by atoms with Gasteiger partial charge in [0.05, 0.1) is 0 Å². The van der Waals surface area contributed by atoms with E-state index in [0.29, 0.717) is 21.1 Å². The second-order valence-electron chi connectivity index (χ2n) is 3.95. The number of halogens is 2. The van der Waals surface area contributed by atoms with Crippen LogP contribution < -0.4 is 5.32 Å². The van der Waals surface area contributed by atoms with Gasteiger partial charge in [-0.2, -0.15) is 0 Å². The minimum Gasteiger partial charge on any atom is -0.363 e. The van der Waals surface area contributed by atoms with Gasteiger partial charge in [0.2, 0.25) is 6.29 Å². The number of rotatable bonds is 5. The first kappa shape index (κ1) is 16.0. The van der Waals surface area contributed by atoms with Gasteiger partial charge in [-0.25, -0.2) is 9.37 Å². The SMILES string of the molecule is CCOC(O)c1nc(Br)sc1NC(=O)c1ccc(F)cc1. The molecule has 1 amide bonds. The van der Waals surface area contributed by atoms with E-state index in [1.165, 1.54) is 24.3 Å². The Hall–Kier alpha value is -1.35. The normalized spacial score (nSPS) is 12.2. The number of carbonyl (C=O) groups excluding carboxylic acids is 1. The number of aliphatic hydroxyl groups is 1. The molecule has 1 unspecified atom stereocenters. The monoisotopic (exact) mass is 374 g/mol. The molecular weight excluding hydrogens is 363 g/mol. The Morgan fingerprint density at radius 1 is 1.52 bits per heavy atom. The van der Waals surface area contributed by atoms with Crippen molar-refractivity contribution in [2.75, 3.05) is 11.9 Å². The van der Waals surface area contributed by atoms with Crippen molar-refractivity contribution in [3.05, 3.63) is 45.3 Å². The molecule has 0 saturated carbocycles. The molecule has 112 valence electrons. The Bertz CT molecular complexity index is 633.